The van der Waals surface area contributed by atoms with Gasteiger partial charge in [0, 0.05) is 0 Å². The molecule has 17 heavy (non-hydrogen) atoms. The molecule has 0 heterocycles. The number of nitrogens with zero attached hydrogens (tertiary/aromatic N) is 1. The lowest BCUT2D eigenvalue weighted by atomic mass is 9.89. The molecule has 0 bridgehead atoms. The number of nitriles is 1. The van der Waals surface area contributed by atoms with Gasteiger partial charge in [0.2, 0.25) is 0 Å². The van der Waals surface area contributed by atoms with Crippen LogP contribution in [0, 0.1) is 11.3 Å². The summed E-state index contributed by atoms with van der Waals surface area (Å²) in [7, 11) is -4.32. The monoisotopic (exact) mass is 253 g/mol. The topological polar surface area (TPSA) is 81.3 Å². The molecule has 0 saturated carbocycles. The Balaban J connectivity index is 3.55. The SMILES string of the molecule is CCC(CC)(c1ccccc1C#N)P(=O)(O)O. The zero-order chi connectivity index (χ0) is 13.1. The largest absolute Gasteiger partial charge is 0.336 e. The predicted molar refractivity (Wildman–Crippen MR) is 65.5 cm³/mol. The van der Waals surface area contributed by atoms with Crippen molar-refractivity contribution < 1.29 is 14.4 Å². The molecule has 0 aliphatic heterocycles. The van der Waals surface area contributed by atoms with Crippen LogP contribution in [-0.4, -0.2) is 9.79 Å². The second-order valence-corrected chi connectivity index (χ2v) is 5.88. The van der Waals surface area contributed by atoms with Gasteiger partial charge in [-0.05, 0) is 24.5 Å². The molecule has 1 aromatic carbocycles. The maximum absolute atomic E-state index is 11.8. The van der Waals surface area contributed by atoms with E-state index in [9.17, 15) is 14.4 Å². The average Bonchev–Trinajstić information content (AvgIpc) is 2.30. The van der Waals surface area contributed by atoms with E-state index in [0.717, 1.165) is 0 Å². The van der Waals surface area contributed by atoms with Crippen LogP contribution in [-0.2, 0) is 9.72 Å². The molecule has 1 rings (SSSR count). The Hall–Kier alpha value is -1.14. The van der Waals surface area contributed by atoms with Crippen molar-refractivity contribution in [2.45, 2.75) is 31.8 Å². The zero-order valence-corrected chi connectivity index (χ0v) is 10.8. The number of hydrogen-bond donors (Lipinski definition) is 2. The first-order valence-electron chi connectivity index (χ1n) is 5.48. The summed E-state index contributed by atoms with van der Waals surface area (Å²) in [4.78, 5) is 19.2. The van der Waals surface area contributed by atoms with Crippen LogP contribution in [0.4, 0.5) is 0 Å². The van der Waals surface area contributed by atoms with Crippen LogP contribution in [0.15, 0.2) is 24.3 Å². The quantitative estimate of drug-likeness (QED) is 0.808. The smallest absolute Gasteiger partial charge is 0.324 e. The first kappa shape index (κ1) is 13.9. The zero-order valence-electron chi connectivity index (χ0n) is 9.92. The molecule has 2 N–H and O–H groups in total. The molecule has 0 aliphatic rings. The molecule has 0 radical (unpaired) electrons. The van der Waals surface area contributed by atoms with Gasteiger partial charge in [-0.25, -0.2) is 0 Å². The van der Waals surface area contributed by atoms with Crippen molar-refractivity contribution in [3.05, 3.63) is 35.4 Å². The van der Waals surface area contributed by atoms with Gasteiger partial charge in [-0.15, -0.1) is 0 Å². The third-order valence-electron chi connectivity index (χ3n) is 3.28. The van der Waals surface area contributed by atoms with Crippen LogP contribution in [0.25, 0.3) is 0 Å². The first-order valence-corrected chi connectivity index (χ1v) is 7.09. The summed E-state index contributed by atoms with van der Waals surface area (Å²) in [5.41, 5.74) is 0.778. The Morgan fingerprint density at radius 2 is 1.82 bits per heavy atom. The molecule has 0 aromatic heterocycles. The van der Waals surface area contributed by atoms with E-state index in [4.69, 9.17) is 5.26 Å². The molecule has 0 unspecified atom stereocenters. The van der Waals surface area contributed by atoms with Gasteiger partial charge in [0.05, 0.1) is 16.8 Å². The van der Waals surface area contributed by atoms with Gasteiger partial charge >= 0.3 is 7.60 Å². The fourth-order valence-electron chi connectivity index (χ4n) is 2.19. The standard InChI is InChI=1S/C12H16NO3P/c1-3-12(4-2,17(14,15)16)11-8-6-5-7-10(11)9-13/h5-8H,3-4H2,1-2H3,(H2,14,15,16). The van der Waals surface area contributed by atoms with Gasteiger partial charge in [-0.1, -0.05) is 32.0 Å². The Morgan fingerprint density at radius 3 is 2.24 bits per heavy atom. The molecule has 0 saturated heterocycles. The number of benzene rings is 1. The molecule has 1 aromatic rings. The molecule has 0 atom stereocenters. The number of hydrogen-bond acceptors (Lipinski definition) is 2. The average molecular weight is 253 g/mol. The van der Waals surface area contributed by atoms with Crippen molar-refractivity contribution in [3.8, 4) is 6.07 Å². The van der Waals surface area contributed by atoms with E-state index in [1.165, 1.54) is 0 Å². The normalized spacial score (nSPS) is 12.2. The fraction of sp³-hybridized carbons (Fsp3) is 0.417. The summed E-state index contributed by atoms with van der Waals surface area (Å²) in [6.07, 6.45) is 0.596. The summed E-state index contributed by atoms with van der Waals surface area (Å²) in [6, 6.07) is 8.61. The van der Waals surface area contributed by atoms with Gasteiger partial charge in [-0.2, -0.15) is 5.26 Å². The predicted octanol–water partition coefficient (Wildman–Crippen LogP) is 2.75. The van der Waals surface area contributed by atoms with Crippen molar-refractivity contribution in [1.82, 2.24) is 0 Å². The lowest BCUT2D eigenvalue weighted by Gasteiger charge is -2.33. The van der Waals surface area contributed by atoms with Gasteiger partial charge in [-0.3, -0.25) is 4.57 Å². The second kappa shape index (κ2) is 5.01. The van der Waals surface area contributed by atoms with Crippen LogP contribution in [0.1, 0.15) is 37.8 Å². The van der Waals surface area contributed by atoms with E-state index in [-0.39, 0.29) is 0 Å². The van der Waals surface area contributed by atoms with Crippen LogP contribution in [0.3, 0.4) is 0 Å². The third kappa shape index (κ3) is 2.28. The Bertz CT molecular complexity index is 483. The van der Waals surface area contributed by atoms with Gasteiger partial charge < -0.3 is 9.79 Å². The molecule has 5 heteroatoms. The minimum absolute atomic E-state index is 0.298. The maximum Gasteiger partial charge on any atom is 0.336 e. The Labute approximate surface area is 101 Å². The van der Waals surface area contributed by atoms with E-state index in [2.05, 4.69) is 0 Å². The van der Waals surface area contributed by atoms with Crippen LogP contribution < -0.4 is 0 Å². The summed E-state index contributed by atoms with van der Waals surface area (Å²) < 4.78 is 11.8. The summed E-state index contributed by atoms with van der Waals surface area (Å²) in [5, 5.41) is 7.78. The second-order valence-electron chi connectivity index (χ2n) is 3.94. The van der Waals surface area contributed by atoms with Crippen molar-refractivity contribution in [1.29, 1.82) is 5.26 Å². The molecule has 0 amide bonds. The van der Waals surface area contributed by atoms with E-state index < -0.39 is 12.8 Å². The van der Waals surface area contributed by atoms with Crippen molar-refractivity contribution in [2.75, 3.05) is 0 Å². The molecule has 4 nitrogen and oxygen atoms in total. The summed E-state index contributed by atoms with van der Waals surface area (Å²) >= 11 is 0. The molecule has 92 valence electrons. The molecule has 0 fully saturated rings. The lowest BCUT2D eigenvalue weighted by Crippen LogP contribution is -2.25. The highest BCUT2D eigenvalue weighted by Gasteiger charge is 2.46. The highest BCUT2D eigenvalue weighted by molar-refractivity contribution is 7.53. The molecule has 0 spiro atoms. The van der Waals surface area contributed by atoms with Gasteiger partial charge in [0.1, 0.15) is 0 Å². The lowest BCUT2D eigenvalue weighted by molar-refractivity contribution is 0.315. The van der Waals surface area contributed by atoms with E-state index in [1.807, 2.05) is 6.07 Å². The summed E-state index contributed by atoms with van der Waals surface area (Å²) in [5.74, 6) is 0. The summed E-state index contributed by atoms with van der Waals surface area (Å²) in [6.45, 7) is 3.47. The molecular formula is C12H16NO3P. The van der Waals surface area contributed by atoms with Crippen LogP contribution in [0.2, 0.25) is 0 Å². The highest BCUT2D eigenvalue weighted by Crippen LogP contribution is 2.61. The fourth-order valence-corrected chi connectivity index (χ4v) is 3.52. The van der Waals surface area contributed by atoms with E-state index in [1.54, 1.807) is 38.1 Å². The van der Waals surface area contributed by atoms with Gasteiger partial charge in [0.25, 0.3) is 0 Å². The Kier molecular flexibility index (Phi) is 4.11. The van der Waals surface area contributed by atoms with Crippen molar-refractivity contribution in [2.24, 2.45) is 0 Å². The van der Waals surface area contributed by atoms with Gasteiger partial charge in [0.15, 0.2) is 0 Å². The first-order chi connectivity index (χ1) is 7.93. The third-order valence-corrected chi connectivity index (χ3v) is 5.26. The number of rotatable bonds is 4. The minimum atomic E-state index is -4.32. The molecular weight excluding hydrogens is 237 g/mol. The molecule has 0 aliphatic carbocycles. The Morgan fingerprint density at radius 1 is 1.29 bits per heavy atom. The van der Waals surface area contributed by atoms with Crippen LogP contribution in [0.5, 0.6) is 0 Å². The van der Waals surface area contributed by atoms with Crippen molar-refractivity contribution >= 4 is 7.60 Å². The maximum atomic E-state index is 11.8. The highest BCUT2D eigenvalue weighted by atomic mass is 31.2. The minimum Gasteiger partial charge on any atom is -0.324 e. The van der Waals surface area contributed by atoms with E-state index in [0.29, 0.717) is 24.0 Å². The van der Waals surface area contributed by atoms with Crippen molar-refractivity contribution in [3.63, 3.8) is 0 Å². The van der Waals surface area contributed by atoms with Crippen LogP contribution >= 0.6 is 7.60 Å². The van der Waals surface area contributed by atoms with E-state index >= 15 is 0 Å².